The van der Waals surface area contributed by atoms with Gasteiger partial charge in [-0.2, -0.15) is 0 Å². The molecule has 0 saturated carbocycles. The van der Waals surface area contributed by atoms with E-state index in [1.807, 2.05) is 0 Å². The first kappa shape index (κ1) is 18.2. The zero-order valence-corrected chi connectivity index (χ0v) is 15.5. The van der Waals surface area contributed by atoms with Gasteiger partial charge in [-0.1, -0.05) is 108 Å². The van der Waals surface area contributed by atoms with Crippen LogP contribution in [-0.2, 0) is 12.3 Å². The van der Waals surface area contributed by atoms with E-state index in [0.717, 1.165) is 0 Å². The minimum absolute atomic E-state index is 0.0623. The maximum atomic E-state index is 2.29. The predicted octanol–water partition coefficient (Wildman–Crippen LogP) is 7.23. The van der Waals surface area contributed by atoms with E-state index in [-0.39, 0.29) is 7.92 Å². The molecule has 2 aromatic carbocycles. The molecule has 0 nitrogen and oxygen atoms in total. The van der Waals surface area contributed by atoms with E-state index in [1.54, 1.807) is 0 Å². The lowest BCUT2D eigenvalue weighted by atomic mass is 10.1. The average Bonchev–Trinajstić information content (AvgIpc) is 2.60. The van der Waals surface area contributed by atoms with Crippen LogP contribution in [0.2, 0.25) is 0 Å². The van der Waals surface area contributed by atoms with E-state index in [9.17, 15) is 0 Å². The molecule has 0 aliphatic carbocycles. The van der Waals surface area contributed by atoms with Crippen molar-refractivity contribution in [1.29, 1.82) is 0 Å². The molecular formula is C22H31P. The molecule has 0 aliphatic heterocycles. The monoisotopic (exact) mass is 326 g/mol. The fourth-order valence-electron chi connectivity index (χ4n) is 3.01. The molecule has 0 bridgehead atoms. The molecule has 0 unspecified atom stereocenters. The molecule has 0 aromatic heterocycles. The molecule has 2 aromatic rings. The van der Waals surface area contributed by atoms with Gasteiger partial charge in [0.2, 0.25) is 0 Å². The van der Waals surface area contributed by atoms with Crippen molar-refractivity contribution in [2.24, 2.45) is 0 Å². The first-order valence-electron chi connectivity index (χ1n) is 9.18. The molecule has 2 rings (SSSR count). The van der Waals surface area contributed by atoms with Crippen LogP contribution in [0.5, 0.6) is 0 Å². The van der Waals surface area contributed by atoms with Crippen LogP contribution in [0, 0.1) is 0 Å². The molecule has 0 amide bonds. The third-order valence-corrected chi connectivity index (χ3v) is 6.90. The molecule has 0 atom stereocenters. The van der Waals surface area contributed by atoms with Gasteiger partial charge in [-0.15, -0.1) is 0 Å². The van der Waals surface area contributed by atoms with Crippen molar-refractivity contribution in [1.82, 2.24) is 0 Å². The van der Waals surface area contributed by atoms with Crippen molar-refractivity contribution in [3.8, 4) is 0 Å². The van der Waals surface area contributed by atoms with Crippen molar-refractivity contribution in [3.05, 3.63) is 71.8 Å². The highest BCUT2D eigenvalue weighted by atomic mass is 31.1. The Hall–Kier alpha value is -1.13. The average molecular weight is 326 g/mol. The van der Waals surface area contributed by atoms with Crippen LogP contribution in [0.4, 0.5) is 0 Å². The Morgan fingerprint density at radius 3 is 1.61 bits per heavy atom. The van der Waals surface area contributed by atoms with Crippen LogP contribution in [0.3, 0.4) is 0 Å². The van der Waals surface area contributed by atoms with Gasteiger partial charge in [0, 0.05) is 0 Å². The molecular weight excluding hydrogens is 295 g/mol. The largest absolute Gasteiger partial charge is 0.0977 e. The van der Waals surface area contributed by atoms with Crippen LogP contribution in [0.25, 0.3) is 0 Å². The van der Waals surface area contributed by atoms with Crippen LogP contribution in [0.1, 0.15) is 56.6 Å². The number of benzene rings is 2. The Morgan fingerprint density at radius 1 is 0.609 bits per heavy atom. The smallest absolute Gasteiger partial charge is 0.00701 e. The van der Waals surface area contributed by atoms with Crippen LogP contribution >= 0.6 is 7.92 Å². The Morgan fingerprint density at radius 2 is 1.09 bits per heavy atom. The fourth-order valence-corrected chi connectivity index (χ4v) is 5.57. The second kappa shape index (κ2) is 11.4. The normalized spacial score (nSPS) is 11.0. The van der Waals surface area contributed by atoms with E-state index in [4.69, 9.17) is 0 Å². The summed E-state index contributed by atoms with van der Waals surface area (Å²) >= 11 is 0. The van der Waals surface area contributed by atoms with E-state index < -0.39 is 0 Å². The molecule has 1 heteroatoms. The van der Waals surface area contributed by atoms with Gasteiger partial charge >= 0.3 is 0 Å². The molecule has 0 N–H and O–H groups in total. The number of unbranched alkanes of at least 4 members (excludes halogenated alkanes) is 5. The van der Waals surface area contributed by atoms with Gasteiger partial charge in [0.1, 0.15) is 0 Å². The lowest BCUT2D eigenvalue weighted by molar-refractivity contribution is 0.626. The van der Waals surface area contributed by atoms with Crippen molar-refractivity contribution in [2.45, 2.75) is 57.8 Å². The van der Waals surface area contributed by atoms with Gasteiger partial charge in [0.05, 0.1) is 0 Å². The third-order valence-electron chi connectivity index (χ3n) is 4.33. The van der Waals surface area contributed by atoms with Crippen molar-refractivity contribution in [3.63, 3.8) is 0 Å². The summed E-state index contributed by atoms with van der Waals surface area (Å²) in [5.41, 5.74) is 3.03. The number of rotatable bonds is 11. The summed E-state index contributed by atoms with van der Waals surface area (Å²) in [5, 5.41) is 0. The first-order chi connectivity index (χ1) is 11.4. The summed E-state index contributed by atoms with van der Waals surface area (Å²) in [5.74, 6) is 0. The maximum Gasteiger partial charge on any atom is -0.00701 e. The van der Waals surface area contributed by atoms with E-state index in [1.165, 1.54) is 68.1 Å². The molecule has 0 saturated heterocycles. The van der Waals surface area contributed by atoms with Crippen LogP contribution in [0.15, 0.2) is 60.7 Å². The van der Waals surface area contributed by atoms with E-state index in [2.05, 4.69) is 67.6 Å². The third kappa shape index (κ3) is 7.80. The van der Waals surface area contributed by atoms with E-state index >= 15 is 0 Å². The number of hydrogen-bond donors (Lipinski definition) is 0. The second-order valence-electron chi connectivity index (χ2n) is 6.45. The summed E-state index contributed by atoms with van der Waals surface area (Å²) < 4.78 is 0. The van der Waals surface area contributed by atoms with Crippen molar-refractivity contribution in [2.75, 3.05) is 6.16 Å². The predicted molar refractivity (Wildman–Crippen MR) is 105 cm³/mol. The maximum absolute atomic E-state index is 2.29. The lowest BCUT2D eigenvalue weighted by Crippen LogP contribution is -1.94. The quantitative estimate of drug-likeness (QED) is 0.302. The standard InChI is InChI=1S/C22H31P/c1-2-3-4-5-6-13-18-23(19-21-14-9-7-10-15-21)20-22-16-11-8-12-17-22/h7-12,14-17H,2-6,13,18-20H2,1H3. The Labute approximate surface area is 144 Å². The molecule has 0 heterocycles. The molecule has 124 valence electrons. The first-order valence-corrected chi connectivity index (χ1v) is 11.1. The van der Waals surface area contributed by atoms with Crippen molar-refractivity contribution < 1.29 is 0 Å². The minimum Gasteiger partial charge on any atom is -0.0977 e. The summed E-state index contributed by atoms with van der Waals surface area (Å²) in [4.78, 5) is 0. The zero-order chi connectivity index (χ0) is 16.2. The second-order valence-corrected chi connectivity index (χ2v) is 8.87. The summed E-state index contributed by atoms with van der Waals surface area (Å²) in [6.07, 6.45) is 12.4. The highest BCUT2D eigenvalue weighted by molar-refractivity contribution is 7.56. The number of hydrogen-bond acceptors (Lipinski definition) is 0. The van der Waals surface area contributed by atoms with E-state index in [0.29, 0.717) is 0 Å². The summed E-state index contributed by atoms with van der Waals surface area (Å²) in [6.45, 7) is 2.29. The van der Waals surface area contributed by atoms with Gasteiger partial charge in [0.25, 0.3) is 0 Å². The Balaban J connectivity index is 1.83. The zero-order valence-electron chi connectivity index (χ0n) is 14.6. The molecule has 0 aliphatic rings. The minimum atomic E-state index is 0.0623. The van der Waals surface area contributed by atoms with Gasteiger partial charge in [0.15, 0.2) is 0 Å². The highest BCUT2D eigenvalue weighted by Crippen LogP contribution is 2.44. The van der Waals surface area contributed by atoms with Crippen LogP contribution in [-0.4, -0.2) is 6.16 Å². The molecule has 0 spiro atoms. The Kier molecular flexibility index (Phi) is 9.04. The molecule has 0 fully saturated rings. The summed E-state index contributed by atoms with van der Waals surface area (Å²) in [6, 6.07) is 22.1. The van der Waals surface area contributed by atoms with Gasteiger partial charge < -0.3 is 0 Å². The lowest BCUT2D eigenvalue weighted by Gasteiger charge is -2.18. The summed E-state index contributed by atoms with van der Waals surface area (Å²) in [7, 11) is 0.0623. The van der Waals surface area contributed by atoms with Gasteiger partial charge in [-0.05, 0) is 36.0 Å². The fraction of sp³-hybridized carbons (Fsp3) is 0.455. The van der Waals surface area contributed by atoms with Gasteiger partial charge in [-0.25, -0.2) is 0 Å². The SMILES string of the molecule is CCCCCCCCP(Cc1ccccc1)Cc1ccccc1. The van der Waals surface area contributed by atoms with Crippen molar-refractivity contribution >= 4 is 7.92 Å². The van der Waals surface area contributed by atoms with Crippen LogP contribution < -0.4 is 0 Å². The Bertz CT molecular complexity index is 465. The topological polar surface area (TPSA) is 0 Å². The molecule has 23 heavy (non-hydrogen) atoms. The highest BCUT2D eigenvalue weighted by Gasteiger charge is 2.10. The molecule has 0 radical (unpaired) electrons. The van der Waals surface area contributed by atoms with Gasteiger partial charge in [-0.3, -0.25) is 0 Å².